The summed E-state index contributed by atoms with van der Waals surface area (Å²) in [6.45, 7) is 6.07. The maximum atomic E-state index is 9.09. The highest BCUT2D eigenvalue weighted by atomic mass is 16.5. The quantitative estimate of drug-likeness (QED) is 0.598. The van der Waals surface area contributed by atoms with Crippen molar-refractivity contribution in [1.82, 2.24) is 29.8 Å². The van der Waals surface area contributed by atoms with E-state index < -0.39 is 0 Å². The van der Waals surface area contributed by atoms with Crippen LogP contribution in [-0.4, -0.2) is 74.3 Å². The number of anilines is 3. The van der Waals surface area contributed by atoms with E-state index >= 15 is 0 Å². The molecule has 4 heterocycles. The Morgan fingerprint density at radius 1 is 1.03 bits per heavy atom. The van der Waals surface area contributed by atoms with Crippen LogP contribution in [0.15, 0.2) is 42.9 Å². The van der Waals surface area contributed by atoms with Crippen LogP contribution in [0.5, 0.6) is 11.5 Å². The van der Waals surface area contributed by atoms with Crippen molar-refractivity contribution in [3.63, 3.8) is 0 Å². The number of hydrogen-bond donors (Lipinski definition) is 2. The number of hydrogen-bond acceptors (Lipinski definition) is 10. The van der Waals surface area contributed by atoms with Gasteiger partial charge in [0.1, 0.15) is 23.1 Å². The van der Waals surface area contributed by atoms with E-state index in [-0.39, 0.29) is 6.61 Å². The van der Waals surface area contributed by atoms with E-state index in [9.17, 15) is 0 Å². The van der Waals surface area contributed by atoms with Gasteiger partial charge in [0.2, 0.25) is 11.9 Å². The van der Waals surface area contributed by atoms with Gasteiger partial charge in [0.05, 0.1) is 19.0 Å². The van der Waals surface area contributed by atoms with Crippen molar-refractivity contribution in [2.24, 2.45) is 0 Å². The minimum atomic E-state index is 0.179. The summed E-state index contributed by atoms with van der Waals surface area (Å²) in [7, 11) is 0. The Morgan fingerprint density at radius 2 is 1.87 bits per heavy atom. The van der Waals surface area contributed by atoms with Gasteiger partial charge < -0.3 is 20.1 Å². The number of nitrogens with zero attached hydrogens (tertiary/aromatic N) is 7. The van der Waals surface area contributed by atoms with E-state index in [1.54, 1.807) is 24.7 Å². The molecule has 0 spiro atoms. The lowest BCUT2D eigenvalue weighted by Crippen LogP contribution is -2.47. The van der Waals surface area contributed by atoms with Gasteiger partial charge in [-0.3, -0.25) is 9.88 Å². The Kier molecular flexibility index (Phi) is 6.26. The number of pyridine rings is 2. The van der Waals surface area contributed by atoms with Crippen molar-refractivity contribution in [3.8, 4) is 11.5 Å². The van der Waals surface area contributed by atoms with Gasteiger partial charge in [0.15, 0.2) is 0 Å². The van der Waals surface area contributed by atoms with Crippen LogP contribution in [0.2, 0.25) is 0 Å². The molecular formula is C20H24N8O2. The summed E-state index contributed by atoms with van der Waals surface area (Å²) in [6.07, 6.45) is 4.97. The first-order chi connectivity index (χ1) is 14.7. The van der Waals surface area contributed by atoms with Gasteiger partial charge in [-0.15, -0.1) is 0 Å². The first-order valence-corrected chi connectivity index (χ1v) is 9.81. The summed E-state index contributed by atoms with van der Waals surface area (Å²) in [6, 6.07) is 7.26. The summed E-state index contributed by atoms with van der Waals surface area (Å²) in [4.78, 5) is 26.2. The fraction of sp³-hybridized carbons (Fsp3) is 0.350. The van der Waals surface area contributed by atoms with Gasteiger partial charge in [-0.25, -0.2) is 4.98 Å². The highest BCUT2D eigenvalue weighted by Gasteiger charge is 2.19. The molecule has 3 aromatic heterocycles. The molecule has 2 N–H and O–H groups in total. The third-order valence-electron chi connectivity index (χ3n) is 4.65. The predicted molar refractivity (Wildman–Crippen MR) is 112 cm³/mol. The first-order valence-electron chi connectivity index (χ1n) is 9.81. The van der Waals surface area contributed by atoms with Gasteiger partial charge in [-0.2, -0.15) is 15.0 Å². The lowest BCUT2D eigenvalue weighted by Gasteiger charge is -2.34. The molecule has 4 rings (SSSR count). The lowest BCUT2D eigenvalue weighted by molar-refractivity contribution is 0.188. The minimum absolute atomic E-state index is 0.179. The summed E-state index contributed by atoms with van der Waals surface area (Å²) < 4.78 is 5.71. The van der Waals surface area contributed by atoms with E-state index in [0.717, 1.165) is 26.2 Å². The number of aliphatic hydroxyl groups excluding tert-OH is 1. The molecule has 0 saturated carbocycles. The van der Waals surface area contributed by atoms with Crippen LogP contribution in [0.4, 0.5) is 17.7 Å². The normalized spacial score (nSPS) is 14.5. The number of aryl methyl sites for hydroxylation is 1. The molecule has 0 bridgehead atoms. The maximum Gasteiger partial charge on any atom is 0.233 e. The largest absolute Gasteiger partial charge is 0.454 e. The number of ether oxygens (including phenoxy) is 1. The second kappa shape index (κ2) is 9.42. The highest BCUT2D eigenvalue weighted by molar-refractivity contribution is 5.50. The molecule has 3 aromatic rings. The molecule has 1 saturated heterocycles. The molecule has 0 atom stereocenters. The first kappa shape index (κ1) is 19.9. The number of β-amino-alcohol motifs (C(OH)–C–C–N with tert-alkyl or cyclic N) is 1. The molecule has 1 aliphatic heterocycles. The fourth-order valence-electron chi connectivity index (χ4n) is 3.15. The molecule has 0 radical (unpaired) electrons. The molecule has 1 fully saturated rings. The third kappa shape index (κ3) is 5.16. The average Bonchev–Trinajstić information content (AvgIpc) is 2.76. The molecule has 0 aliphatic carbocycles. The van der Waals surface area contributed by atoms with E-state index in [0.29, 0.717) is 41.6 Å². The Balaban J connectivity index is 1.41. The van der Waals surface area contributed by atoms with E-state index in [1.807, 2.05) is 25.1 Å². The standard InChI is InChI=1S/C20H24N8O2/c1-15-23-19(26-20(24-15)28-9-7-27(8-10-28)11-12-29)25-18-5-4-17(14-22-18)30-16-3-2-6-21-13-16/h2-6,13-14,29H,7-12H2,1H3,(H,22,23,24,25,26). The Hall–Kier alpha value is -3.37. The summed E-state index contributed by atoms with van der Waals surface area (Å²) >= 11 is 0. The van der Waals surface area contributed by atoms with Crippen molar-refractivity contribution in [2.75, 3.05) is 49.5 Å². The van der Waals surface area contributed by atoms with Crippen LogP contribution >= 0.6 is 0 Å². The molecular weight excluding hydrogens is 384 g/mol. The monoisotopic (exact) mass is 408 g/mol. The summed E-state index contributed by atoms with van der Waals surface area (Å²) in [5.41, 5.74) is 0. The second-order valence-corrected chi connectivity index (χ2v) is 6.85. The van der Waals surface area contributed by atoms with E-state index in [1.165, 1.54) is 0 Å². The van der Waals surface area contributed by atoms with E-state index in [2.05, 4.69) is 40.0 Å². The number of nitrogens with one attached hydrogen (secondary N) is 1. The van der Waals surface area contributed by atoms with Crippen molar-refractivity contribution in [1.29, 1.82) is 0 Å². The van der Waals surface area contributed by atoms with Gasteiger partial charge in [-0.1, -0.05) is 0 Å². The fourth-order valence-corrected chi connectivity index (χ4v) is 3.15. The van der Waals surface area contributed by atoms with Crippen molar-refractivity contribution < 1.29 is 9.84 Å². The Morgan fingerprint density at radius 3 is 2.57 bits per heavy atom. The van der Waals surface area contributed by atoms with Gasteiger partial charge in [0, 0.05) is 38.9 Å². The smallest absolute Gasteiger partial charge is 0.233 e. The zero-order valence-electron chi connectivity index (χ0n) is 16.8. The van der Waals surface area contributed by atoms with Crippen molar-refractivity contribution >= 4 is 17.7 Å². The second-order valence-electron chi connectivity index (χ2n) is 6.85. The number of piperazine rings is 1. The zero-order chi connectivity index (χ0) is 20.8. The topological polar surface area (TPSA) is 112 Å². The molecule has 10 nitrogen and oxygen atoms in total. The zero-order valence-corrected chi connectivity index (χ0v) is 16.8. The third-order valence-corrected chi connectivity index (χ3v) is 4.65. The maximum absolute atomic E-state index is 9.09. The Labute approximate surface area is 174 Å². The summed E-state index contributed by atoms with van der Waals surface area (Å²) in [5.74, 6) is 3.60. The van der Waals surface area contributed by atoms with Crippen LogP contribution in [-0.2, 0) is 0 Å². The minimum Gasteiger partial charge on any atom is -0.454 e. The van der Waals surface area contributed by atoms with Crippen molar-refractivity contribution in [3.05, 3.63) is 48.7 Å². The molecule has 10 heteroatoms. The number of aliphatic hydroxyl groups is 1. The van der Waals surface area contributed by atoms with Crippen LogP contribution in [0.3, 0.4) is 0 Å². The molecule has 156 valence electrons. The van der Waals surface area contributed by atoms with E-state index in [4.69, 9.17) is 9.84 Å². The molecule has 0 amide bonds. The van der Waals surface area contributed by atoms with Crippen LogP contribution in [0.1, 0.15) is 5.82 Å². The van der Waals surface area contributed by atoms with Gasteiger partial charge in [0.25, 0.3) is 0 Å². The average molecular weight is 408 g/mol. The SMILES string of the molecule is Cc1nc(Nc2ccc(Oc3cccnc3)cn2)nc(N2CCN(CCO)CC2)n1. The predicted octanol–water partition coefficient (Wildman–Crippen LogP) is 1.62. The number of rotatable bonds is 7. The molecule has 30 heavy (non-hydrogen) atoms. The van der Waals surface area contributed by atoms with Crippen LogP contribution in [0, 0.1) is 6.92 Å². The molecule has 0 aromatic carbocycles. The Bertz CT molecular complexity index is 947. The van der Waals surface area contributed by atoms with Crippen LogP contribution < -0.4 is 15.0 Å². The molecule has 0 unspecified atom stereocenters. The van der Waals surface area contributed by atoms with Gasteiger partial charge >= 0.3 is 0 Å². The summed E-state index contributed by atoms with van der Waals surface area (Å²) in [5, 5.41) is 12.2. The van der Waals surface area contributed by atoms with Gasteiger partial charge in [-0.05, 0) is 31.2 Å². The number of aromatic nitrogens is 5. The molecule has 1 aliphatic rings. The van der Waals surface area contributed by atoms with Crippen molar-refractivity contribution in [2.45, 2.75) is 6.92 Å². The lowest BCUT2D eigenvalue weighted by atomic mass is 10.3. The van der Waals surface area contributed by atoms with Crippen LogP contribution in [0.25, 0.3) is 0 Å². The highest BCUT2D eigenvalue weighted by Crippen LogP contribution is 2.21.